The zero-order valence-corrected chi connectivity index (χ0v) is 20.1. The number of ether oxygens (including phenoxy) is 2. The van der Waals surface area contributed by atoms with Crippen LogP contribution in [-0.2, 0) is 9.47 Å². The first kappa shape index (κ1) is 28.6. The van der Waals surface area contributed by atoms with Gasteiger partial charge in [0, 0.05) is 6.61 Å². The zero-order valence-electron chi connectivity index (χ0n) is 20.1. The Kier molecular flexibility index (Phi) is 18.6. The second-order valence-electron chi connectivity index (χ2n) is 9.09. The van der Waals surface area contributed by atoms with E-state index in [1.165, 1.54) is 89.9 Å². The van der Waals surface area contributed by atoms with Gasteiger partial charge in [0.1, 0.15) is 24.4 Å². The summed E-state index contributed by atoms with van der Waals surface area (Å²) in [6, 6.07) is 0. The van der Waals surface area contributed by atoms with E-state index >= 15 is 0 Å². The van der Waals surface area contributed by atoms with Gasteiger partial charge in [-0.05, 0) is 32.1 Å². The number of aliphatic hydroxyl groups is 3. The summed E-state index contributed by atoms with van der Waals surface area (Å²) in [7, 11) is 0. The number of hydrogen-bond acceptors (Lipinski definition) is 5. The monoisotopic (exact) mass is 442 g/mol. The van der Waals surface area contributed by atoms with Crippen molar-refractivity contribution in [2.45, 2.75) is 134 Å². The second kappa shape index (κ2) is 20.2. The minimum atomic E-state index is -0.977. The maximum absolute atomic E-state index is 9.85. The van der Waals surface area contributed by atoms with Gasteiger partial charge in [0.25, 0.3) is 0 Å². The van der Waals surface area contributed by atoms with E-state index in [9.17, 15) is 15.3 Å². The van der Waals surface area contributed by atoms with Gasteiger partial charge in [0.05, 0.1) is 13.2 Å². The summed E-state index contributed by atoms with van der Waals surface area (Å²) >= 11 is 0. The Morgan fingerprint density at radius 1 is 0.806 bits per heavy atom. The van der Waals surface area contributed by atoms with Crippen LogP contribution in [0.2, 0.25) is 0 Å². The third kappa shape index (κ3) is 14.3. The molecular weight excluding hydrogens is 392 g/mol. The molecule has 1 aliphatic heterocycles. The van der Waals surface area contributed by atoms with Crippen LogP contribution in [0.1, 0.15) is 110 Å². The van der Waals surface area contributed by atoms with Crippen molar-refractivity contribution in [1.82, 2.24) is 0 Å². The van der Waals surface area contributed by atoms with Gasteiger partial charge in [-0.3, -0.25) is 0 Å². The van der Waals surface area contributed by atoms with Crippen LogP contribution in [0, 0.1) is 0 Å². The highest BCUT2D eigenvalue weighted by Crippen LogP contribution is 2.20. The molecule has 4 atom stereocenters. The first-order chi connectivity index (χ1) is 15.2. The third-order valence-electron chi connectivity index (χ3n) is 6.22. The summed E-state index contributed by atoms with van der Waals surface area (Å²) in [4.78, 5) is 0. The van der Waals surface area contributed by atoms with Crippen LogP contribution in [0.5, 0.6) is 0 Å². The summed E-state index contributed by atoms with van der Waals surface area (Å²) in [5.74, 6) is 0. The van der Waals surface area contributed by atoms with Crippen LogP contribution < -0.4 is 0 Å². The molecule has 0 aromatic heterocycles. The first-order valence-electron chi connectivity index (χ1n) is 13.1. The highest BCUT2D eigenvalue weighted by Gasteiger charge is 2.40. The van der Waals surface area contributed by atoms with E-state index in [0.717, 1.165) is 12.8 Å². The standard InChI is InChI=1S/C26H50O5/c1-2-3-4-5-6-7-8-9-10-11-12-13-14-15-16-17-18-19-20-30-24(21-27)26-25(29)23(28)22-31-26/h6-7,23-29H,2-5,8-22H2,1H3/b7-6+/t23-,24+,25+,26+/m0/s1. The molecule has 1 rings (SSSR count). The number of hydrogen-bond donors (Lipinski definition) is 3. The molecule has 0 aliphatic carbocycles. The van der Waals surface area contributed by atoms with Crippen LogP contribution in [0.4, 0.5) is 0 Å². The molecule has 0 saturated carbocycles. The van der Waals surface area contributed by atoms with E-state index in [1.54, 1.807) is 0 Å². The van der Waals surface area contributed by atoms with Crippen LogP contribution in [0.15, 0.2) is 12.2 Å². The predicted octanol–water partition coefficient (Wildman–Crippen LogP) is 5.30. The van der Waals surface area contributed by atoms with Crippen LogP contribution in [0.3, 0.4) is 0 Å². The van der Waals surface area contributed by atoms with E-state index in [4.69, 9.17) is 9.47 Å². The molecule has 5 nitrogen and oxygen atoms in total. The van der Waals surface area contributed by atoms with Gasteiger partial charge in [-0.15, -0.1) is 0 Å². The zero-order chi connectivity index (χ0) is 22.6. The van der Waals surface area contributed by atoms with E-state index in [-0.39, 0.29) is 13.2 Å². The lowest BCUT2D eigenvalue weighted by Gasteiger charge is -2.24. The van der Waals surface area contributed by atoms with Gasteiger partial charge in [0.2, 0.25) is 0 Å². The van der Waals surface area contributed by atoms with Gasteiger partial charge < -0.3 is 24.8 Å². The highest BCUT2D eigenvalue weighted by atomic mass is 16.6. The van der Waals surface area contributed by atoms with Crippen molar-refractivity contribution in [3.63, 3.8) is 0 Å². The van der Waals surface area contributed by atoms with Gasteiger partial charge >= 0.3 is 0 Å². The van der Waals surface area contributed by atoms with E-state index < -0.39 is 24.4 Å². The van der Waals surface area contributed by atoms with Gasteiger partial charge in [-0.2, -0.15) is 0 Å². The Labute approximate surface area is 191 Å². The molecule has 184 valence electrons. The maximum atomic E-state index is 9.85. The molecular formula is C26H50O5. The fourth-order valence-electron chi connectivity index (χ4n) is 4.14. The minimum absolute atomic E-state index is 0.0994. The molecule has 1 aliphatic rings. The maximum Gasteiger partial charge on any atom is 0.114 e. The number of unbranched alkanes of at least 4 members (excludes halogenated alkanes) is 14. The smallest absolute Gasteiger partial charge is 0.114 e. The molecule has 31 heavy (non-hydrogen) atoms. The lowest BCUT2D eigenvalue weighted by molar-refractivity contribution is -0.101. The average Bonchev–Trinajstić information content (AvgIpc) is 3.11. The first-order valence-corrected chi connectivity index (χ1v) is 13.1. The lowest BCUT2D eigenvalue weighted by Crippen LogP contribution is -2.42. The van der Waals surface area contributed by atoms with Crippen molar-refractivity contribution in [2.24, 2.45) is 0 Å². The number of aliphatic hydroxyl groups excluding tert-OH is 3. The summed E-state index contributed by atoms with van der Waals surface area (Å²) in [5, 5.41) is 28.8. The molecule has 0 amide bonds. The van der Waals surface area contributed by atoms with E-state index in [1.807, 2.05) is 0 Å². The van der Waals surface area contributed by atoms with Crippen LogP contribution in [0.25, 0.3) is 0 Å². The van der Waals surface area contributed by atoms with Crippen LogP contribution >= 0.6 is 0 Å². The highest BCUT2D eigenvalue weighted by molar-refractivity contribution is 4.88. The molecule has 0 radical (unpaired) electrons. The minimum Gasteiger partial charge on any atom is -0.394 e. The molecule has 0 unspecified atom stereocenters. The summed E-state index contributed by atoms with van der Waals surface area (Å²) in [6.07, 6.45) is 22.3. The Morgan fingerprint density at radius 3 is 1.81 bits per heavy atom. The normalized spacial score (nSPS) is 22.5. The van der Waals surface area contributed by atoms with Gasteiger partial charge in [0.15, 0.2) is 0 Å². The van der Waals surface area contributed by atoms with Crippen molar-refractivity contribution >= 4 is 0 Å². The molecule has 1 fully saturated rings. The van der Waals surface area contributed by atoms with E-state index in [0.29, 0.717) is 6.61 Å². The number of rotatable bonds is 21. The molecule has 0 aromatic carbocycles. The Balaban J connectivity index is 1.80. The van der Waals surface area contributed by atoms with Crippen molar-refractivity contribution in [2.75, 3.05) is 19.8 Å². The largest absolute Gasteiger partial charge is 0.394 e. The summed E-state index contributed by atoms with van der Waals surface area (Å²) in [5.41, 5.74) is 0. The third-order valence-corrected chi connectivity index (χ3v) is 6.22. The van der Waals surface area contributed by atoms with Crippen molar-refractivity contribution < 1.29 is 24.8 Å². The Bertz CT molecular complexity index is 415. The average molecular weight is 443 g/mol. The van der Waals surface area contributed by atoms with Gasteiger partial charge in [-0.25, -0.2) is 0 Å². The Hall–Kier alpha value is -0.460. The molecule has 3 N–H and O–H groups in total. The molecule has 0 spiro atoms. The van der Waals surface area contributed by atoms with Crippen molar-refractivity contribution in [3.8, 4) is 0 Å². The molecule has 0 bridgehead atoms. The second-order valence-corrected chi connectivity index (χ2v) is 9.09. The fraction of sp³-hybridized carbons (Fsp3) is 0.923. The molecule has 1 saturated heterocycles. The quantitative estimate of drug-likeness (QED) is 0.166. The summed E-state index contributed by atoms with van der Waals surface area (Å²) < 4.78 is 11.0. The van der Waals surface area contributed by atoms with Crippen LogP contribution in [-0.4, -0.2) is 59.6 Å². The summed E-state index contributed by atoms with van der Waals surface area (Å²) in [6.45, 7) is 2.71. The fourth-order valence-corrected chi connectivity index (χ4v) is 4.14. The Morgan fingerprint density at radius 2 is 1.32 bits per heavy atom. The van der Waals surface area contributed by atoms with E-state index in [2.05, 4.69) is 19.1 Å². The molecule has 5 heteroatoms. The lowest BCUT2D eigenvalue weighted by atomic mass is 10.0. The van der Waals surface area contributed by atoms with Crippen molar-refractivity contribution in [1.29, 1.82) is 0 Å². The topological polar surface area (TPSA) is 79.2 Å². The van der Waals surface area contributed by atoms with Gasteiger partial charge in [-0.1, -0.05) is 89.7 Å². The molecule has 0 aromatic rings. The SMILES string of the molecule is CCCCC/C=C/CCCCCCCCCCCCCO[C@H](CO)[C@H]1OC[C@H](O)[C@H]1O. The van der Waals surface area contributed by atoms with Crippen molar-refractivity contribution in [3.05, 3.63) is 12.2 Å². The predicted molar refractivity (Wildman–Crippen MR) is 127 cm³/mol. The number of allylic oxidation sites excluding steroid dienone is 2. The molecule has 1 heterocycles.